The van der Waals surface area contributed by atoms with Crippen LogP contribution in [0.1, 0.15) is 22.4 Å². The summed E-state index contributed by atoms with van der Waals surface area (Å²) in [6.07, 6.45) is -0.957. The lowest BCUT2D eigenvalue weighted by Crippen LogP contribution is -2.12. The molecular weight excluding hydrogens is 521 g/mol. The number of fused-ring (bicyclic) bond motifs is 1. The largest absolute Gasteiger partial charge is 0.438 e. The number of hydrogen-bond donors (Lipinski definition) is 1. The Labute approximate surface area is 218 Å². The molecule has 0 fully saturated rings. The molecule has 200 valence electrons. The molecule has 0 bridgehead atoms. The molecular formula is C27H20F5N5O2. The molecule has 1 N–H and O–H groups in total. The highest BCUT2D eigenvalue weighted by Gasteiger charge is 2.35. The maximum atomic E-state index is 14.2. The van der Waals surface area contributed by atoms with Crippen molar-refractivity contribution < 1.29 is 26.7 Å². The molecule has 4 aromatic heterocycles. The molecule has 12 heteroatoms. The van der Waals surface area contributed by atoms with Crippen LogP contribution in [0.2, 0.25) is 0 Å². The molecule has 0 spiro atoms. The topological polar surface area (TPSA) is 85.7 Å². The maximum Gasteiger partial charge on any atom is 0.418 e. The zero-order valence-corrected chi connectivity index (χ0v) is 21.0. The Kier molecular flexibility index (Phi) is 6.20. The van der Waals surface area contributed by atoms with E-state index >= 15 is 0 Å². The molecule has 0 radical (unpaired) electrons. The molecule has 0 atom stereocenters. The van der Waals surface area contributed by atoms with Crippen LogP contribution in [0, 0.1) is 32.4 Å². The van der Waals surface area contributed by atoms with Gasteiger partial charge in [0.05, 0.1) is 33.4 Å². The lowest BCUT2D eigenvalue weighted by molar-refractivity contribution is -0.138. The van der Waals surface area contributed by atoms with Crippen molar-refractivity contribution in [2.24, 2.45) is 7.05 Å². The molecule has 0 saturated carbocycles. The number of rotatable bonds is 4. The normalized spacial score (nSPS) is 11.8. The fourth-order valence-corrected chi connectivity index (χ4v) is 4.45. The van der Waals surface area contributed by atoms with Crippen molar-refractivity contribution in [2.45, 2.75) is 26.9 Å². The summed E-state index contributed by atoms with van der Waals surface area (Å²) in [6.45, 7) is 4.26. The van der Waals surface area contributed by atoms with Crippen LogP contribution >= 0.6 is 0 Å². The number of ether oxygens (including phenoxy) is 1. The molecule has 39 heavy (non-hydrogen) atoms. The summed E-state index contributed by atoms with van der Waals surface area (Å²) in [5, 5.41) is 0.187. The van der Waals surface area contributed by atoms with Crippen LogP contribution in [0.4, 0.5) is 22.0 Å². The third-order valence-corrected chi connectivity index (χ3v) is 6.33. The Hall–Kier alpha value is -4.61. The van der Waals surface area contributed by atoms with Crippen LogP contribution in [-0.4, -0.2) is 24.5 Å². The number of nitrogens with zero attached hydrogens (tertiary/aromatic N) is 4. The molecule has 4 heterocycles. The fraction of sp³-hybridized carbons (Fsp3) is 0.185. The van der Waals surface area contributed by atoms with Gasteiger partial charge in [0.15, 0.2) is 22.9 Å². The number of aryl methyl sites for hydroxylation is 2. The zero-order chi connectivity index (χ0) is 28.2. The van der Waals surface area contributed by atoms with Gasteiger partial charge >= 0.3 is 6.18 Å². The summed E-state index contributed by atoms with van der Waals surface area (Å²) in [6, 6.07) is 4.61. The molecule has 0 amide bonds. The third kappa shape index (κ3) is 4.51. The molecule has 7 nitrogen and oxygen atoms in total. The zero-order valence-electron chi connectivity index (χ0n) is 21.0. The Bertz CT molecular complexity index is 1820. The number of alkyl halides is 3. The van der Waals surface area contributed by atoms with Crippen LogP contribution in [0.15, 0.2) is 47.7 Å². The number of imidazole rings is 1. The molecule has 5 aromatic rings. The molecule has 0 saturated heterocycles. The predicted octanol–water partition coefficient (Wildman–Crippen LogP) is 6.40. The second-order valence-corrected chi connectivity index (χ2v) is 9.01. The molecule has 1 aromatic carbocycles. The van der Waals surface area contributed by atoms with Crippen LogP contribution in [-0.2, 0) is 13.2 Å². The van der Waals surface area contributed by atoms with Gasteiger partial charge < -0.3 is 14.3 Å². The van der Waals surface area contributed by atoms with Crippen molar-refractivity contribution in [3.63, 3.8) is 0 Å². The first-order valence-corrected chi connectivity index (χ1v) is 11.6. The van der Waals surface area contributed by atoms with Crippen molar-refractivity contribution >= 4 is 10.9 Å². The summed E-state index contributed by atoms with van der Waals surface area (Å²) in [4.78, 5) is 29.0. The van der Waals surface area contributed by atoms with E-state index in [1.54, 1.807) is 24.7 Å². The number of H-pyrrole nitrogens is 1. The van der Waals surface area contributed by atoms with Gasteiger partial charge in [0.1, 0.15) is 11.4 Å². The standard InChI is InChI=1S/C27H20F5N5O2/c1-12-11-37(4)25(35-12)24-22-17(7-8-33-24)36-18(9-19(22)38)21-13(2)15(27(30,31)32)10-34-26(21)39-20-6-5-16(28)23(29)14(20)3/h5-11H,1-4H3,(H,36,38). The summed E-state index contributed by atoms with van der Waals surface area (Å²) in [5.74, 6) is -2.32. The first-order chi connectivity index (χ1) is 18.4. The van der Waals surface area contributed by atoms with Gasteiger partial charge in [-0.3, -0.25) is 9.78 Å². The second kappa shape index (κ2) is 9.29. The third-order valence-electron chi connectivity index (χ3n) is 6.33. The highest BCUT2D eigenvalue weighted by molar-refractivity contribution is 5.92. The van der Waals surface area contributed by atoms with E-state index in [4.69, 9.17) is 4.74 Å². The molecule has 5 rings (SSSR count). The van der Waals surface area contributed by atoms with Crippen molar-refractivity contribution in [3.05, 3.63) is 87.1 Å². The summed E-state index contributed by atoms with van der Waals surface area (Å²) < 4.78 is 76.7. The summed E-state index contributed by atoms with van der Waals surface area (Å²) >= 11 is 0. The number of halogens is 5. The monoisotopic (exact) mass is 541 g/mol. The van der Waals surface area contributed by atoms with E-state index in [9.17, 15) is 26.7 Å². The number of hydrogen-bond acceptors (Lipinski definition) is 5. The van der Waals surface area contributed by atoms with Crippen LogP contribution < -0.4 is 10.2 Å². The predicted molar refractivity (Wildman–Crippen MR) is 133 cm³/mol. The minimum Gasteiger partial charge on any atom is -0.438 e. The average molecular weight is 541 g/mol. The minimum atomic E-state index is -4.76. The summed E-state index contributed by atoms with van der Waals surface area (Å²) in [5.41, 5.74) is -0.963. The van der Waals surface area contributed by atoms with Gasteiger partial charge in [-0.25, -0.2) is 18.7 Å². The quantitative estimate of drug-likeness (QED) is 0.266. The number of nitrogens with one attached hydrogen (secondary N) is 1. The Morgan fingerprint density at radius 1 is 1.03 bits per heavy atom. The van der Waals surface area contributed by atoms with Gasteiger partial charge in [-0.15, -0.1) is 0 Å². The van der Waals surface area contributed by atoms with Crippen LogP contribution in [0.3, 0.4) is 0 Å². The summed E-state index contributed by atoms with van der Waals surface area (Å²) in [7, 11) is 1.75. The number of aromatic nitrogens is 5. The fourth-order valence-electron chi connectivity index (χ4n) is 4.45. The first kappa shape index (κ1) is 26.0. The molecule has 0 aliphatic heterocycles. The Morgan fingerprint density at radius 3 is 2.44 bits per heavy atom. The minimum absolute atomic E-state index is 0.0213. The van der Waals surface area contributed by atoms with Crippen molar-refractivity contribution in [1.82, 2.24) is 24.5 Å². The van der Waals surface area contributed by atoms with E-state index in [2.05, 4.69) is 19.9 Å². The van der Waals surface area contributed by atoms with Gasteiger partial charge in [-0.1, -0.05) is 0 Å². The van der Waals surface area contributed by atoms with Crippen molar-refractivity contribution in [2.75, 3.05) is 0 Å². The molecule has 0 aliphatic carbocycles. The van der Waals surface area contributed by atoms with Crippen molar-refractivity contribution in [1.29, 1.82) is 0 Å². The Balaban J connectivity index is 1.75. The SMILES string of the molecule is Cc1cn(C)c(-c2nccc3[nH]c(-c4c(Oc5ccc(F)c(F)c5C)ncc(C(F)(F)F)c4C)cc(=O)c23)n1. The van der Waals surface area contributed by atoms with Gasteiger partial charge in [-0.2, -0.15) is 13.2 Å². The van der Waals surface area contributed by atoms with Crippen LogP contribution in [0.5, 0.6) is 11.6 Å². The smallest absolute Gasteiger partial charge is 0.418 e. The van der Waals surface area contributed by atoms with Gasteiger partial charge in [0, 0.05) is 37.3 Å². The average Bonchev–Trinajstić information content (AvgIpc) is 3.20. The molecule has 0 unspecified atom stereocenters. The van der Waals surface area contributed by atoms with E-state index in [0.29, 0.717) is 23.4 Å². The maximum absolute atomic E-state index is 14.2. The molecule has 0 aliphatic rings. The van der Waals surface area contributed by atoms with E-state index in [0.717, 1.165) is 18.2 Å². The number of benzene rings is 1. The highest BCUT2D eigenvalue weighted by atomic mass is 19.4. The number of aromatic amines is 1. The van der Waals surface area contributed by atoms with E-state index in [1.807, 2.05) is 0 Å². The van der Waals surface area contributed by atoms with E-state index < -0.39 is 28.8 Å². The lowest BCUT2D eigenvalue weighted by Gasteiger charge is -2.18. The second-order valence-electron chi connectivity index (χ2n) is 9.01. The van der Waals surface area contributed by atoms with Crippen molar-refractivity contribution in [3.8, 4) is 34.4 Å². The van der Waals surface area contributed by atoms with Gasteiger partial charge in [0.25, 0.3) is 0 Å². The van der Waals surface area contributed by atoms with E-state index in [1.165, 1.54) is 26.1 Å². The Morgan fingerprint density at radius 2 is 1.77 bits per heavy atom. The highest BCUT2D eigenvalue weighted by Crippen LogP contribution is 2.41. The van der Waals surface area contributed by atoms with Crippen LogP contribution in [0.25, 0.3) is 33.7 Å². The van der Waals surface area contributed by atoms with Gasteiger partial charge in [0.2, 0.25) is 5.88 Å². The van der Waals surface area contributed by atoms with E-state index in [-0.39, 0.29) is 44.9 Å². The number of pyridine rings is 3. The van der Waals surface area contributed by atoms with Gasteiger partial charge in [-0.05, 0) is 44.5 Å². The lowest BCUT2D eigenvalue weighted by atomic mass is 10.0. The first-order valence-electron chi connectivity index (χ1n) is 11.6.